The van der Waals surface area contributed by atoms with E-state index in [1.807, 2.05) is 30.3 Å². The highest BCUT2D eigenvalue weighted by molar-refractivity contribution is 6.13. The second-order valence-electron chi connectivity index (χ2n) is 6.07. The normalized spacial score (nSPS) is 10.6. The summed E-state index contributed by atoms with van der Waals surface area (Å²) >= 11 is 0. The van der Waals surface area contributed by atoms with Gasteiger partial charge in [-0.2, -0.15) is 0 Å². The Hall–Kier alpha value is -3.80. The number of hydrogen-bond donors (Lipinski definition) is 1. The predicted octanol–water partition coefficient (Wildman–Crippen LogP) is 4.76. The van der Waals surface area contributed by atoms with Crippen molar-refractivity contribution >= 4 is 22.5 Å². The fourth-order valence-corrected chi connectivity index (χ4v) is 3.02. The Labute approximate surface area is 161 Å². The first kappa shape index (κ1) is 17.6. The van der Waals surface area contributed by atoms with Crippen molar-refractivity contribution in [1.82, 2.24) is 4.98 Å². The summed E-state index contributed by atoms with van der Waals surface area (Å²) in [6, 6.07) is 18.0. The molecule has 2 heterocycles. The van der Waals surface area contributed by atoms with E-state index in [0.717, 1.165) is 5.39 Å². The topological polar surface area (TPSA) is 73.6 Å². The molecule has 0 aliphatic rings. The minimum Gasteiger partial charge on any atom is -0.497 e. The summed E-state index contributed by atoms with van der Waals surface area (Å²) in [6.45, 7) is 0. The van der Waals surface area contributed by atoms with Gasteiger partial charge in [0.05, 0.1) is 37.3 Å². The Bertz CT molecular complexity index is 1140. The molecule has 0 aliphatic carbocycles. The Morgan fingerprint density at radius 1 is 1.00 bits per heavy atom. The number of hydrogen-bond acceptors (Lipinski definition) is 5. The van der Waals surface area contributed by atoms with Crippen molar-refractivity contribution in [2.45, 2.75) is 0 Å². The molecule has 0 aliphatic heterocycles. The summed E-state index contributed by atoms with van der Waals surface area (Å²) in [4.78, 5) is 17.8. The number of nitrogens with one attached hydrogen (secondary N) is 1. The third kappa shape index (κ3) is 3.27. The highest BCUT2D eigenvalue weighted by Gasteiger charge is 2.17. The van der Waals surface area contributed by atoms with Gasteiger partial charge in [0.25, 0.3) is 5.91 Å². The van der Waals surface area contributed by atoms with Crippen LogP contribution in [0, 0.1) is 0 Å². The van der Waals surface area contributed by atoms with Crippen LogP contribution in [0.15, 0.2) is 71.3 Å². The largest absolute Gasteiger partial charge is 0.497 e. The van der Waals surface area contributed by atoms with Gasteiger partial charge in [0.15, 0.2) is 5.76 Å². The zero-order valence-corrected chi connectivity index (χ0v) is 15.4. The predicted molar refractivity (Wildman–Crippen MR) is 107 cm³/mol. The number of carbonyl (C=O) groups excluding carboxylic acids is 1. The van der Waals surface area contributed by atoms with E-state index < -0.39 is 0 Å². The smallest absolute Gasteiger partial charge is 0.256 e. The fourth-order valence-electron chi connectivity index (χ4n) is 3.02. The summed E-state index contributed by atoms with van der Waals surface area (Å²) in [7, 11) is 3.12. The zero-order valence-electron chi connectivity index (χ0n) is 15.4. The number of amides is 1. The van der Waals surface area contributed by atoms with E-state index in [1.165, 1.54) is 0 Å². The van der Waals surface area contributed by atoms with Gasteiger partial charge in [-0.15, -0.1) is 0 Å². The average molecular weight is 374 g/mol. The number of benzene rings is 2. The first-order valence-corrected chi connectivity index (χ1v) is 8.66. The van der Waals surface area contributed by atoms with E-state index in [2.05, 4.69) is 10.3 Å². The van der Waals surface area contributed by atoms with E-state index in [9.17, 15) is 4.79 Å². The molecule has 4 rings (SSSR count). The third-order valence-corrected chi connectivity index (χ3v) is 4.39. The van der Waals surface area contributed by atoms with Crippen molar-refractivity contribution in [2.24, 2.45) is 0 Å². The Morgan fingerprint density at radius 3 is 2.61 bits per heavy atom. The number of furan rings is 1. The van der Waals surface area contributed by atoms with E-state index in [1.54, 1.807) is 50.8 Å². The third-order valence-electron chi connectivity index (χ3n) is 4.39. The number of fused-ring (bicyclic) bond motifs is 1. The van der Waals surface area contributed by atoms with Gasteiger partial charge in [-0.1, -0.05) is 18.2 Å². The lowest BCUT2D eigenvalue weighted by Gasteiger charge is -2.13. The number of pyridine rings is 1. The second kappa shape index (κ2) is 7.44. The van der Waals surface area contributed by atoms with Crippen LogP contribution in [-0.2, 0) is 0 Å². The van der Waals surface area contributed by atoms with Gasteiger partial charge in [-0.25, -0.2) is 4.98 Å². The summed E-state index contributed by atoms with van der Waals surface area (Å²) in [5.41, 5.74) is 2.31. The Balaban J connectivity index is 1.79. The van der Waals surface area contributed by atoms with Crippen molar-refractivity contribution < 1.29 is 18.7 Å². The van der Waals surface area contributed by atoms with Crippen molar-refractivity contribution in [1.29, 1.82) is 0 Å². The van der Waals surface area contributed by atoms with Gasteiger partial charge in [-0.05, 0) is 36.4 Å². The van der Waals surface area contributed by atoms with E-state index in [0.29, 0.717) is 39.7 Å². The lowest BCUT2D eigenvalue weighted by Crippen LogP contribution is -2.14. The standard InChI is InChI=1S/C22H18N2O4/c1-26-14-9-10-20(27-2)18(12-14)24-22(25)16-13-19(21-8-5-11-28-21)23-17-7-4-3-6-15(16)17/h3-13H,1-2H3,(H,24,25). The molecule has 6 nitrogen and oxygen atoms in total. The molecule has 0 radical (unpaired) electrons. The SMILES string of the molecule is COc1ccc(OC)c(NC(=O)c2cc(-c3ccco3)nc3ccccc23)c1. The van der Waals surface area contributed by atoms with Crippen LogP contribution in [0.4, 0.5) is 5.69 Å². The maximum atomic E-state index is 13.2. The maximum Gasteiger partial charge on any atom is 0.256 e. The molecular formula is C22H18N2O4. The molecule has 28 heavy (non-hydrogen) atoms. The molecule has 2 aromatic heterocycles. The van der Waals surface area contributed by atoms with Gasteiger partial charge in [0, 0.05) is 11.5 Å². The molecule has 2 aromatic carbocycles. The Morgan fingerprint density at radius 2 is 1.86 bits per heavy atom. The zero-order chi connectivity index (χ0) is 19.5. The number of para-hydroxylation sites is 1. The van der Waals surface area contributed by atoms with Gasteiger partial charge >= 0.3 is 0 Å². The number of carbonyl (C=O) groups is 1. The van der Waals surface area contributed by atoms with Gasteiger partial charge in [0.2, 0.25) is 0 Å². The maximum absolute atomic E-state index is 13.2. The molecule has 0 fully saturated rings. The average Bonchev–Trinajstić information content (AvgIpc) is 3.27. The number of nitrogens with zero attached hydrogens (tertiary/aromatic N) is 1. The van der Waals surface area contributed by atoms with Gasteiger partial charge < -0.3 is 19.2 Å². The first-order valence-electron chi connectivity index (χ1n) is 8.66. The molecule has 1 amide bonds. The second-order valence-corrected chi connectivity index (χ2v) is 6.07. The number of aromatic nitrogens is 1. The minimum absolute atomic E-state index is 0.280. The number of rotatable bonds is 5. The summed E-state index contributed by atoms with van der Waals surface area (Å²) in [5, 5.41) is 3.66. The van der Waals surface area contributed by atoms with Crippen molar-refractivity contribution in [3.63, 3.8) is 0 Å². The lowest BCUT2D eigenvalue weighted by atomic mass is 10.1. The molecule has 0 spiro atoms. The first-order chi connectivity index (χ1) is 13.7. The summed E-state index contributed by atoms with van der Waals surface area (Å²) < 4.78 is 16.1. The van der Waals surface area contributed by atoms with Crippen molar-refractivity contribution in [3.8, 4) is 23.0 Å². The molecule has 1 N–H and O–H groups in total. The van der Waals surface area contributed by atoms with Crippen LogP contribution >= 0.6 is 0 Å². The van der Waals surface area contributed by atoms with Gasteiger partial charge in [0.1, 0.15) is 17.2 Å². The lowest BCUT2D eigenvalue weighted by molar-refractivity contribution is 0.102. The summed E-state index contributed by atoms with van der Waals surface area (Å²) in [6.07, 6.45) is 1.58. The molecule has 4 aromatic rings. The number of anilines is 1. The van der Waals surface area contributed by atoms with E-state index >= 15 is 0 Å². The fraction of sp³-hybridized carbons (Fsp3) is 0.0909. The number of methoxy groups -OCH3 is 2. The quantitative estimate of drug-likeness (QED) is 0.545. The van der Waals surface area contributed by atoms with Crippen LogP contribution in [0.3, 0.4) is 0 Å². The summed E-state index contributed by atoms with van der Waals surface area (Å²) in [5.74, 6) is 1.47. The molecule has 0 saturated carbocycles. The molecule has 0 unspecified atom stereocenters. The van der Waals surface area contributed by atoms with Crippen LogP contribution in [0.1, 0.15) is 10.4 Å². The van der Waals surface area contributed by atoms with Crippen LogP contribution in [0.5, 0.6) is 11.5 Å². The molecule has 0 bridgehead atoms. The molecule has 0 atom stereocenters. The minimum atomic E-state index is -0.280. The van der Waals surface area contributed by atoms with E-state index in [-0.39, 0.29) is 5.91 Å². The highest BCUT2D eigenvalue weighted by atomic mass is 16.5. The van der Waals surface area contributed by atoms with Crippen LogP contribution < -0.4 is 14.8 Å². The molecule has 0 saturated heterocycles. The monoisotopic (exact) mass is 374 g/mol. The van der Waals surface area contributed by atoms with Crippen molar-refractivity contribution in [2.75, 3.05) is 19.5 Å². The molecule has 140 valence electrons. The number of ether oxygens (including phenoxy) is 2. The molecular weight excluding hydrogens is 356 g/mol. The highest BCUT2D eigenvalue weighted by Crippen LogP contribution is 2.31. The van der Waals surface area contributed by atoms with Crippen LogP contribution in [-0.4, -0.2) is 25.1 Å². The van der Waals surface area contributed by atoms with Crippen LogP contribution in [0.25, 0.3) is 22.4 Å². The van der Waals surface area contributed by atoms with Crippen molar-refractivity contribution in [3.05, 3.63) is 72.5 Å². The molecule has 6 heteroatoms. The van der Waals surface area contributed by atoms with Crippen LogP contribution in [0.2, 0.25) is 0 Å². The van der Waals surface area contributed by atoms with Gasteiger partial charge in [-0.3, -0.25) is 4.79 Å². The van der Waals surface area contributed by atoms with E-state index in [4.69, 9.17) is 13.9 Å². The Kier molecular flexibility index (Phi) is 4.68.